The van der Waals surface area contributed by atoms with Crippen LogP contribution in [0.5, 0.6) is 0 Å². The molecule has 0 fully saturated rings. The maximum atomic E-state index is 4.19. The zero-order valence-corrected chi connectivity index (χ0v) is 26.9. The molecule has 8 rings (SSSR count). The number of rotatable bonds is 4. The van der Waals surface area contributed by atoms with Crippen LogP contribution in [0.1, 0.15) is 42.5 Å². The van der Waals surface area contributed by atoms with Gasteiger partial charge in [0.2, 0.25) is 0 Å². The SMILES string of the molecule is C=Cc1c(/C=C\C)cc(-c2cc3c4c(c(-c5ccc6ccccc6c5)cc3c3ccccc23)C(=C/C)/C=C\C/C=C\4)c2ccccc12. The number of hydrogen-bond donors (Lipinski definition) is 0. The topological polar surface area (TPSA) is 0 Å². The quantitative estimate of drug-likeness (QED) is 0.176. The summed E-state index contributed by atoms with van der Waals surface area (Å²) in [4.78, 5) is 0. The Bertz CT molecular complexity index is 2510. The van der Waals surface area contributed by atoms with E-state index in [1.165, 1.54) is 93.2 Å². The van der Waals surface area contributed by atoms with Gasteiger partial charge in [-0.25, -0.2) is 0 Å². The molecule has 0 heterocycles. The molecular weight excluding hydrogens is 565 g/mol. The van der Waals surface area contributed by atoms with Crippen LogP contribution >= 0.6 is 0 Å². The van der Waals surface area contributed by atoms with Crippen molar-refractivity contribution in [2.24, 2.45) is 0 Å². The van der Waals surface area contributed by atoms with Crippen LogP contribution in [0.15, 0.2) is 146 Å². The second-order valence-corrected chi connectivity index (χ2v) is 12.3. The fraction of sp³-hybridized carbons (Fsp3) is 0.0638. The molecule has 0 unspecified atom stereocenters. The van der Waals surface area contributed by atoms with Gasteiger partial charge < -0.3 is 0 Å². The highest BCUT2D eigenvalue weighted by atomic mass is 14.2. The average Bonchev–Trinajstić information content (AvgIpc) is 3.11. The van der Waals surface area contributed by atoms with Crippen molar-refractivity contribution in [2.75, 3.05) is 0 Å². The van der Waals surface area contributed by atoms with Crippen LogP contribution in [0, 0.1) is 0 Å². The lowest BCUT2D eigenvalue weighted by Crippen LogP contribution is -1.98. The summed E-state index contributed by atoms with van der Waals surface area (Å²) in [6.07, 6.45) is 18.7. The van der Waals surface area contributed by atoms with E-state index in [1.54, 1.807) is 0 Å². The van der Waals surface area contributed by atoms with E-state index in [2.05, 4.69) is 172 Å². The fourth-order valence-electron chi connectivity index (χ4n) is 7.53. The summed E-state index contributed by atoms with van der Waals surface area (Å²) < 4.78 is 0. The summed E-state index contributed by atoms with van der Waals surface area (Å²) in [5, 5.41) is 10.0. The monoisotopic (exact) mass is 600 g/mol. The van der Waals surface area contributed by atoms with Gasteiger partial charge in [-0.2, -0.15) is 0 Å². The molecule has 1 aliphatic carbocycles. The van der Waals surface area contributed by atoms with Crippen molar-refractivity contribution in [1.82, 2.24) is 0 Å². The Kier molecular flexibility index (Phi) is 7.27. The molecule has 7 aromatic rings. The Hall–Kier alpha value is -5.72. The van der Waals surface area contributed by atoms with Crippen molar-refractivity contribution in [2.45, 2.75) is 20.3 Å². The van der Waals surface area contributed by atoms with Gasteiger partial charge in [-0.3, -0.25) is 0 Å². The predicted molar refractivity (Wildman–Crippen MR) is 209 cm³/mol. The van der Waals surface area contributed by atoms with E-state index in [0.717, 1.165) is 6.42 Å². The zero-order valence-electron chi connectivity index (χ0n) is 26.9. The Labute approximate surface area is 277 Å². The van der Waals surface area contributed by atoms with E-state index in [0.29, 0.717) is 0 Å². The molecule has 1 aliphatic rings. The third-order valence-electron chi connectivity index (χ3n) is 9.68. The largest absolute Gasteiger partial charge is 0.0984 e. The maximum Gasteiger partial charge on any atom is -0.00299 e. The third kappa shape index (κ3) is 4.77. The van der Waals surface area contributed by atoms with Gasteiger partial charge in [0.15, 0.2) is 0 Å². The number of allylic oxidation sites excluding steroid dienone is 6. The molecule has 0 spiro atoms. The third-order valence-corrected chi connectivity index (χ3v) is 9.68. The Morgan fingerprint density at radius 2 is 1.23 bits per heavy atom. The van der Waals surface area contributed by atoms with Gasteiger partial charge >= 0.3 is 0 Å². The summed E-state index contributed by atoms with van der Waals surface area (Å²) in [7, 11) is 0. The minimum Gasteiger partial charge on any atom is -0.0984 e. The van der Waals surface area contributed by atoms with Crippen molar-refractivity contribution >= 4 is 66.9 Å². The van der Waals surface area contributed by atoms with E-state index in [4.69, 9.17) is 0 Å². The van der Waals surface area contributed by atoms with E-state index in [9.17, 15) is 0 Å². The Balaban J connectivity index is 1.54. The van der Waals surface area contributed by atoms with Crippen molar-refractivity contribution in [3.63, 3.8) is 0 Å². The number of fused-ring (bicyclic) bond motifs is 7. The standard InChI is InChI=1S/C47H36/c1-4-16-34-28-43(38-21-13-12-20-37(38)36(34)6-3)45-30-46-41-24-9-7-8-17-31(5-2)47(41)42(29-44(46)39-22-14-15-23-40(39)45)35-26-25-32-18-10-11-19-33(32)27-35/h4-6,8-30H,3,7H2,1-2H3/b16-4-,17-8-,24-9-,31-5+. The average molecular weight is 601 g/mol. The first-order chi connectivity index (χ1) is 23.2. The van der Waals surface area contributed by atoms with Crippen LogP contribution in [-0.2, 0) is 0 Å². The van der Waals surface area contributed by atoms with Crippen molar-refractivity contribution in [1.29, 1.82) is 0 Å². The molecule has 0 saturated carbocycles. The molecule has 0 saturated heterocycles. The van der Waals surface area contributed by atoms with Gasteiger partial charge in [0.1, 0.15) is 0 Å². The van der Waals surface area contributed by atoms with Gasteiger partial charge in [0, 0.05) is 0 Å². The summed E-state index contributed by atoms with van der Waals surface area (Å²) in [5.41, 5.74) is 11.1. The summed E-state index contributed by atoms with van der Waals surface area (Å²) in [6.45, 7) is 8.43. The van der Waals surface area contributed by atoms with Crippen LogP contribution in [0.3, 0.4) is 0 Å². The molecule has 0 N–H and O–H groups in total. The molecule has 224 valence electrons. The molecule has 47 heavy (non-hydrogen) atoms. The lowest BCUT2D eigenvalue weighted by atomic mass is 9.81. The summed E-state index contributed by atoms with van der Waals surface area (Å²) >= 11 is 0. The Morgan fingerprint density at radius 3 is 2.00 bits per heavy atom. The predicted octanol–water partition coefficient (Wildman–Crippen LogP) is 13.7. The van der Waals surface area contributed by atoms with Crippen molar-refractivity contribution in [3.8, 4) is 22.3 Å². The highest BCUT2D eigenvalue weighted by molar-refractivity contribution is 6.20. The van der Waals surface area contributed by atoms with Gasteiger partial charge in [-0.1, -0.05) is 140 Å². The minimum atomic E-state index is 0.902. The first-order valence-electron chi connectivity index (χ1n) is 16.5. The van der Waals surface area contributed by atoms with Gasteiger partial charge in [-0.05, 0) is 138 Å². The highest BCUT2D eigenvalue weighted by Crippen LogP contribution is 2.46. The van der Waals surface area contributed by atoms with Crippen molar-refractivity contribution < 1.29 is 0 Å². The fourth-order valence-corrected chi connectivity index (χ4v) is 7.53. The molecule has 0 heteroatoms. The normalized spacial score (nSPS) is 15.3. The number of benzene rings is 7. The first kappa shape index (κ1) is 28.7. The maximum absolute atomic E-state index is 4.19. The van der Waals surface area contributed by atoms with E-state index < -0.39 is 0 Å². The van der Waals surface area contributed by atoms with Crippen LogP contribution in [0.4, 0.5) is 0 Å². The molecular formula is C47H36. The zero-order chi connectivity index (χ0) is 31.9. The molecule has 0 nitrogen and oxygen atoms in total. The van der Waals surface area contributed by atoms with Crippen LogP contribution in [-0.4, -0.2) is 0 Å². The Morgan fingerprint density at radius 1 is 0.574 bits per heavy atom. The molecule has 7 aromatic carbocycles. The van der Waals surface area contributed by atoms with E-state index in [1.807, 2.05) is 6.08 Å². The van der Waals surface area contributed by atoms with Crippen LogP contribution in [0.25, 0.3) is 89.1 Å². The second-order valence-electron chi connectivity index (χ2n) is 12.3. The smallest absolute Gasteiger partial charge is 0.00299 e. The molecule has 0 radical (unpaired) electrons. The highest BCUT2D eigenvalue weighted by Gasteiger charge is 2.21. The van der Waals surface area contributed by atoms with Crippen molar-refractivity contribution in [3.05, 3.63) is 168 Å². The van der Waals surface area contributed by atoms with Gasteiger partial charge in [-0.15, -0.1) is 0 Å². The van der Waals surface area contributed by atoms with Crippen LogP contribution in [0.2, 0.25) is 0 Å². The molecule has 0 atom stereocenters. The molecule has 0 amide bonds. The van der Waals surface area contributed by atoms with Crippen LogP contribution < -0.4 is 0 Å². The summed E-state index contributed by atoms with van der Waals surface area (Å²) in [6, 6.07) is 40.5. The van der Waals surface area contributed by atoms with E-state index in [-0.39, 0.29) is 0 Å². The minimum absolute atomic E-state index is 0.902. The van der Waals surface area contributed by atoms with Gasteiger partial charge in [0.05, 0.1) is 0 Å². The molecule has 0 bridgehead atoms. The lowest BCUT2D eigenvalue weighted by molar-refractivity contribution is 1.39. The van der Waals surface area contributed by atoms with Gasteiger partial charge in [0.25, 0.3) is 0 Å². The second kappa shape index (κ2) is 11.9. The lowest BCUT2D eigenvalue weighted by Gasteiger charge is -2.22. The van der Waals surface area contributed by atoms with E-state index >= 15 is 0 Å². The summed E-state index contributed by atoms with van der Waals surface area (Å²) in [5.74, 6) is 0. The molecule has 0 aromatic heterocycles. The molecule has 0 aliphatic heterocycles. The first-order valence-corrected chi connectivity index (χ1v) is 16.5. The number of hydrogen-bond acceptors (Lipinski definition) is 0.